The molecule has 2 aliphatic rings. The Morgan fingerprint density at radius 3 is 2.67 bits per heavy atom. The smallest absolute Gasteiger partial charge is 0.433 e. The van der Waals surface area contributed by atoms with Crippen molar-refractivity contribution in [1.82, 2.24) is 29.7 Å². The zero-order chi connectivity index (χ0) is 29.7. The number of hydrogen-bond donors (Lipinski definition) is 1. The first-order valence-electron chi connectivity index (χ1n) is 13.3. The lowest BCUT2D eigenvalue weighted by atomic mass is 10.1. The number of carbonyl (C=O) groups is 2. The number of benzene rings is 1. The fraction of sp³-hybridized carbons (Fsp3) is 0.444. The van der Waals surface area contributed by atoms with Crippen LogP contribution in [0.15, 0.2) is 43.0 Å². The van der Waals surface area contributed by atoms with Gasteiger partial charge in [0.05, 0.1) is 6.04 Å². The number of alkyl halides is 3. The number of ether oxygens (including phenoxy) is 3. The van der Waals surface area contributed by atoms with Crippen molar-refractivity contribution in [3.63, 3.8) is 0 Å². The SMILES string of the molecule is COCC(=O)N1CCN(c2cc(C(F)(F)F)nc(-n3ccnc3)n2)CC1CC(=O)NCCc1ccc2c(c1)OCCO2. The van der Waals surface area contributed by atoms with Gasteiger partial charge >= 0.3 is 6.18 Å². The normalized spacial score (nSPS) is 16.8. The summed E-state index contributed by atoms with van der Waals surface area (Å²) >= 11 is 0. The third-order valence-electron chi connectivity index (χ3n) is 6.88. The lowest BCUT2D eigenvalue weighted by Crippen LogP contribution is -2.57. The van der Waals surface area contributed by atoms with E-state index < -0.39 is 17.9 Å². The molecule has 4 heterocycles. The van der Waals surface area contributed by atoms with Crippen molar-refractivity contribution in [2.45, 2.75) is 25.1 Å². The van der Waals surface area contributed by atoms with Gasteiger partial charge in [-0.15, -0.1) is 0 Å². The number of fused-ring (bicyclic) bond motifs is 1. The molecule has 15 heteroatoms. The van der Waals surface area contributed by atoms with Gasteiger partial charge in [-0.1, -0.05) is 6.07 Å². The van der Waals surface area contributed by atoms with E-state index in [0.717, 1.165) is 11.6 Å². The van der Waals surface area contributed by atoms with Crippen molar-refractivity contribution in [3.8, 4) is 17.4 Å². The largest absolute Gasteiger partial charge is 0.486 e. The van der Waals surface area contributed by atoms with E-state index in [1.807, 2.05) is 18.2 Å². The van der Waals surface area contributed by atoms with Crippen molar-refractivity contribution in [2.24, 2.45) is 0 Å². The fourth-order valence-electron chi connectivity index (χ4n) is 4.87. The Morgan fingerprint density at radius 1 is 1.12 bits per heavy atom. The van der Waals surface area contributed by atoms with Crippen LogP contribution in [0.3, 0.4) is 0 Å². The standard InChI is InChI=1S/C27H30F3N7O5/c1-40-16-25(39)37-9-8-35(23-14-22(27(28,29)30)33-26(34-23)36-7-6-31-17-36)15-19(37)13-24(38)32-5-4-18-2-3-20-21(12-18)42-11-10-41-20/h2-3,6-7,12,14,17,19H,4-5,8-11,13,15-16H2,1H3,(H,32,38). The molecule has 224 valence electrons. The highest BCUT2D eigenvalue weighted by atomic mass is 19.4. The molecule has 0 spiro atoms. The van der Waals surface area contributed by atoms with E-state index in [0.29, 0.717) is 37.7 Å². The summed E-state index contributed by atoms with van der Waals surface area (Å²) < 4.78 is 58.6. The highest BCUT2D eigenvalue weighted by Gasteiger charge is 2.37. The molecule has 1 saturated heterocycles. The molecule has 42 heavy (non-hydrogen) atoms. The highest BCUT2D eigenvalue weighted by Crippen LogP contribution is 2.32. The fourth-order valence-corrected chi connectivity index (χ4v) is 4.87. The Labute approximate surface area is 239 Å². The molecule has 5 rings (SSSR count). The van der Waals surface area contributed by atoms with Crippen LogP contribution in [0.2, 0.25) is 0 Å². The van der Waals surface area contributed by atoms with Crippen LogP contribution in [-0.4, -0.2) is 95.4 Å². The molecule has 0 radical (unpaired) electrons. The maximum Gasteiger partial charge on any atom is 0.433 e. The molecule has 0 saturated carbocycles. The van der Waals surface area contributed by atoms with Crippen molar-refractivity contribution < 1.29 is 37.0 Å². The third-order valence-corrected chi connectivity index (χ3v) is 6.88. The second kappa shape index (κ2) is 12.6. The van der Waals surface area contributed by atoms with Gasteiger partial charge in [-0.2, -0.15) is 18.2 Å². The highest BCUT2D eigenvalue weighted by molar-refractivity contribution is 5.81. The molecule has 12 nitrogen and oxygen atoms in total. The van der Waals surface area contributed by atoms with Crippen molar-refractivity contribution in [3.05, 3.63) is 54.2 Å². The Morgan fingerprint density at radius 2 is 1.93 bits per heavy atom. The molecule has 0 aliphatic carbocycles. The van der Waals surface area contributed by atoms with Crippen LogP contribution < -0.4 is 19.7 Å². The number of anilines is 1. The second-order valence-electron chi connectivity index (χ2n) is 9.78. The summed E-state index contributed by atoms with van der Waals surface area (Å²) in [6, 6.07) is 5.85. The Kier molecular flexibility index (Phi) is 8.75. The summed E-state index contributed by atoms with van der Waals surface area (Å²) in [5.74, 6) is 0.568. The van der Waals surface area contributed by atoms with Gasteiger partial charge in [0.1, 0.15) is 32.0 Å². The molecule has 1 N–H and O–H groups in total. The average Bonchev–Trinajstić information content (AvgIpc) is 3.52. The summed E-state index contributed by atoms with van der Waals surface area (Å²) in [5.41, 5.74) is -0.152. The first-order chi connectivity index (χ1) is 20.2. The van der Waals surface area contributed by atoms with Gasteiger partial charge in [-0.05, 0) is 24.1 Å². The van der Waals surface area contributed by atoms with Crippen LogP contribution in [0.5, 0.6) is 11.5 Å². The first kappa shape index (κ1) is 29.1. The van der Waals surface area contributed by atoms with Gasteiger partial charge in [0, 0.05) is 58.2 Å². The summed E-state index contributed by atoms with van der Waals surface area (Å²) in [4.78, 5) is 40.8. The topological polar surface area (TPSA) is 124 Å². The molecular formula is C27H30F3N7O5. The number of carbonyl (C=O) groups excluding carboxylic acids is 2. The number of amides is 2. The number of nitrogens with one attached hydrogen (secondary N) is 1. The molecule has 2 aliphatic heterocycles. The van der Waals surface area contributed by atoms with Gasteiger partial charge in [0.25, 0.3) is 0 Å². The Balaban J connectivity index is 1.28. The Hall–Kier alpha value is -4.40. The molecule has 1 fully saturated rings. The summed E-state index contributed by atoms with van der Waals surface area (Å²) in [7, 11) is 1.39. The maximum atomic E-state index is 13.7. The van der Waals surface area contributed by atoms with Crippen LogP contribution in [-0.2, 0) is 26.9 Å². The molecular weight excluding hydrogens is 559 g/mol. The summed E-state index contributed by atoms with van der Waals surface area (Å²) in [6.45, 7) is 1.59. The van der Waals surface area contributed by atoms with Crippen molar-refractivity contribution in [2.75, 3.05) is 58.0 Å². The van der Waals surface area contributed by atoms with E-state index in [4.69, 9.17) is 14.2 Å². The lowest BCUT2D eigenvalue weighted by molar-refractivity contribution is -0.141. The minimum atomic E-state index is -4.71. The average molecular weight is 590 g/mol. The Bertz CT molecular complexity index is 1400. The molecule has 1 aromatic carbocycles. The number of methoxy groups -OCH3 is 1. The molecule has 2 aromatic heterocycles. The number of piperazine rings is 1. The quantitative estimate of drug-likeness (QED) is 0.398. The van der Waals surface area contributed by atoms with Gasteiger partial charge in [0.2, 0.25) is 17.8 Å². The minimum absolute atomic E-state index is 0.0314. The van der Waals surface area contributed by atoms with E-state index in [1.54, 1.807) is 4.90 Å². The van der Waals surface area contributed by atoms with Crippen LogP contribution >= 0.6 is 0 Å². The van der Waals surface area contributed by atoms with Gasteiger partial charge in [-0.3, -0.25) is 14.2 Å². The summed E-state index contributed by atoms with van der Waals surface area (Å²) in [6.07, 6.45) is -0.0640. The van der Waals surface area contributed by atoms with E-state index in [1.165, 1.54) is 35.3 Å². The zero-order valence-corrected chi connectivity index (χ0v) is 22.8. The molecule has 3 aromatic rings. The van der Waals surface area contributed by atoms with E-state index >= 15 is 0 Å². The van der Waals surface area contributed by atoms with Crippen LogP contribution in [0, 0.1) is 0 Å². The van der Waals surface area contributed by atoms with Crippen LogP contribution in [0.25, 0.3) is 5.95 Å². The van der Waals surface area contributed by atoms with Crippen molar-refractivity contribution in [1.29, 1.82) is 0 Å². The van der Waals surface area contributed by atoms with Gasteiger partial charge < -0.3 is 29.3 Å². The monoisotopic (exact) mass is 589 g/mol. The predicted molar refractivity (Wildman–Crippen MR) is 143 cm³/mol. The molecule has 1 unspecified atom stereocenters. The van der Waals surface area contributed by atoms with Gasteiger partial charge in [0.15, 0.2) is 17.2 Å². The van der Waals surface area contributed by atoms with Crippen LogP contribution in [0.1, 0.15) is 17.7 Å². The third kappa shape index (κ3) is 6.90. The molecule has 0 bridgehead atoms. The van der Waals surface area contributed by atoms with E-state index in [2.05, 4.69) is 20.3 Å². The minimum Gasteiger partial charge on any atom is -0.486 e. The van der Waals surface area contributed by atoms with Gasteiger partial charge in [-0.25, -0.2) is 9.97 Å². The first-order valence-corrected chi connectivity index (χ1v) is 13.3. The molecule has 1 atom stereocenters. The van der Waals surface area contributed by atoms with E-state index in [-0.39, 0.29) is 56.2 Å². The number of hydrogen-bond acceptors (Lipinski definition) is 9. The number of halogens is 3. The predicted octanol–water partition coefficient (Wildman–Crippen LogP) is 1.86. The van der Waals surface area contributed by atoms with Crippen LogP contribution in [0.4, 0.5) is 19.0 Å². The molecule has 2 amide bonds. The zero-order valence-electron chi connectivity index (χ0n) is 22.8. The number of nitrogens with zero attached hydrogens (tertiary/aromatic N) is 6. The van der Waals surface area contributed by atoms with E-state index in [9.17, 15) is 22.8 Å². The maximum absolute atomic E-state index is 13.7. The number of imidazole rings is 1. The lowest BCUT2D eigenvalue weighted by Gasteiger charge is -2.41. The second-order valence-corrected chi connectivity index (χ2v) is 9.78. The number of rotatable bonds is 9. The number of aromatic nitrogens is 4. The van der Waals surface area contributed by atoms with Crippen molar-refractivity contribution >= 4 is 17.6 Å². The summed E-state index contributed by atoms with van der Waals surface area (Å²) in [5, 5.41) is 2.88.